The van der Waals surface area contributed by atoms with Crippen molar-refractivity contribution < 1.29 is 14.2 Å². The highest BCUT2D eigenvalue weighted by Gasteiger charge is 2.02. The number of hydrogen-bond donors (Lipinski definition) is 0. The van der Waals surface area contributed by atoms with Gasteiger partial charge in [-0.3, -0.25) is 0 Å². The number of methoxy groups -OCH3 is 1. The van der Waals surface area contributed by atoms with Crippen LogP contribution in [0.25, 0.3) is 0 Å². The Labute approximate surface area is 126 Å². The zero-order valence-corrected chi connectivity index (χ0v) is 12.9. The van der Waals surface area contributed by atoms with Crippen LogP contribution in [-0.4, -0.2) is 20.3 Å². The van der Waals surface area contributed by atoms with E-state index in [0.717, 1.165) is 23.7 Å². The van der Waals surface area contributed by atoms with E-state index in [4.69, 9.17) is 14.2 Å². The van der Waals surface area contributed by atoms with Crippen LogP contribution in [-0.2, 0) is 0 Å². The third-order valence-corrected chi connectivity index (χ3v) is 3.08. The molecule has 3 nitrogen and oxygen atoms in total. The van der Waals surface area contributed by atoms with E-state index in [0.29, 0.717) is 13.2 Å². The van der Waals surface area contributed by atoms with E-state index in [9.17, 15) is 0 Å². The number of para-hydroxylation sites is 2. The normalized spacial score (nSPS) is 10.2. The number of ether oxygens (including phenoxy) is 3. The van der Waals surface area contributed by atoms with Crippen LogP contribution >= 0.6 is 0 Å². The molecule has 0 atom stereocenters. The Morgan fingerprint density at radius 1 is 0.810 bits per heavy atom. The lowest BCUT2D eigenvalue weighted by Gasteiger charge is -2.11. The van der Waals surface area contributed by atoms with Gasteiger partial charge in [0.25, 0.3) is 0 Å². The largest absolute Gasteiger partial charge is 0.493 e. The molecule has 0 fully saturated rings. The van der Waals surface area contributed by atoms with Crippen molar-refractivity contribution in [2.75, 3.05) is 20.3 Å². The molecule has 0 saturated heterocycles. The Morgan fingerprint density at radius 2 is 1.43 bits per heavy atom. The van der Waals surface area contributed by atoms with Crippen molar-refractivity contribution in [2.45, 2.75) is 20.3 Å². The predicted molar refractivity (Wildman–Crippen MR) is 84.5 cm³/mol. The van der Waals surface area contributed by atoms with Gasteiger partial charge in [-0.1, -0.05) is 18.2 Å². The summed E-state index contributed by atoms with van der Waals surface area (Å²) in [4.78, 5) is 0. The van der Waals surface area contributed by atoms with Crippen LogP contribution < -0.4 is 14.2 Å². The molecule has 0 aliphatic heterocycles. The Kier molecular flexibility index (Phi) is 5.50. The maximum Gasteiger partial charge on any atom is 0.161 e. The summed E-state index contributed by atoms with van der Waals surface area (Å²) in [7, 11) is 1.64. The molecule has 2 aromatic carbocycles. The van der Waals surface area contributed by atoms with Gasteiger partial charge in [-0.25, -0.2) is 0 Å². The van der Waals surface area contributed by atoms with Gasteiger partial charge >= 0.3 is 0 Å². The summed E-state index contributed by atoms with van der Waals surface area (Å²) in [6, 6.07) is 13.9. The molecule has 0 spiro atoms. The first-order valence-corrected chi connectivity index (χ1v) is 7.16. The van der Waals surface area contributed by atoms with Gasteiger partial charge in [-0.15, -0.1) is 0 Å². The second kappa shape index (κ2) is 7.58. The van der Waals surface area contributed by atoms with Crippen molar-refractivity contribution in [1.29, 1.82) is 0 Å². The van der Waals surface area contributed by atoms with Crippen LogP contribution in [0.5, 0.6) is 17.2 Å². The molecule has 2 aromatic rings. The first kappa shape index (κ1) is 15.2. The van der Waals surface area contributed by atoms with Gasteiger partial charge in [0.05, 0.1) is 20.3 Å². The average molecular weight is 286 g/mol. The third kappa shape index (κ3) is 4.71. The molecule has 0 aliphatic rings. The summed E-state index contributed by atoms with van der Waals surface area (Å²) in [6.07, 6.45) is 0.824. The molecule has 21 heavy (non-hydrogen) atoms. The highest BCUT2D eigenvalue weighted by Crippen LogP contribution is 2.25. The molecule has 0 unspecified atom stereocenters. The molecule has 3 heteroatoms. The van der Waals surface area contributed by atoms with E-state index < -0.39 is 0 Å². The van der Waals surface area contributed by atoms with Crippen LogP contribution in [0.15, 0.2) is 42.5 Å². The third-order valence-electron chi connectivity index (χ3n) is 3.08. The fourth-order valence-electron chi connectivity index (χ4n) is 2.19. The monoisotopic (exact) mass is 286 g/mol. The molecule has 0 amide bonds. The zero-order chi connectivity index (χ0) is 15.1. The van der Waals surface area contributed by atoms with E-state index in [1.54, 1.807) is 7.11 Å². The molecule has 2 rings (SSSR count). The Balaban J connectivity index is 1.75. The summed E-state index contributed by atoms with van der Waals surface area (Å²) in [6.45, 7) is 5.39. The first-order chi connectivity index (χ1) is 10.2. The first-order valence-electron chi connectivity index (χ1n) is 7.16. The summed E-state index contributed by atoms with van der Waals surface area (Å²) in [5.41, 5.74) is 2.44. The van der Waals surface area contributed by atoms with Gasteiger partial charge < -0.3 is 14.2 Å². The molecule has 0 heterocycles. The van der Waals surface area contributed by atoms with Gasteiger partial charge in [0.1, 0.15) is 5.75 Å². The number of rotatable bonds is 7. The topological polar surface area (TPSA) is 27.7 Å². The van der Waals surface area contributed by atoms with Crippen molar-refractivity contribution in [3.05, 3.63) is 53.6 Å². The lowest BCUT2D eigenvalue weighted by molar-refractivity contribution is 0.240. The van der Waals surface area contributed by atoms with Crippen LogP contribution in [0.1, 0.15) is 17.5 Å². The van der Waals surface area contributed by atoms with Crippen LogP contribution in [0.3, 0.4) is 0 Å². The van der Waals surface area contributed by atoms with Crippen LogP contribution in [0, 0.1) is 13.8 Å². The van der Waals surface area contributed by atoms with Gasteiger partial charge in [0, 0.05) is 6.42 Å². The Bertz CT molecular complexity index is 558. The quantitative estimate of drug-likeness (QED) is 0.715. The fraction of sp³-hybridized carbons (Fsp3) is 0.333. The Hall–Kier alpha value is -2.16. The van der Waals surface area contributed by atoms with Crippen molar-refractivity contribution in [3.8, 4) is 17.2 Å². The summed E-state index contributed by atoms with van der Waals surface area (Å²) >= 11 is 0. The number of benzene rings is 2. The minimum Gasteiger partial charge on any atom is -0.493 e. The maximum atomic E-state index is 5.75. The van der Waals surface area contributed by atoms with Crippen molar-refractivity contribution in [1.82, 2.24) is 0 Å². The smallest absolute Gasteiger partial charge is 0.161 e. The highest BCUT2D eigenvalue weighted by atomic mass is 16.5. The maximum absolute atomic E-state index is 5.75. The van der Waals surface area contributed by atoms with Crippen LogP contribution in [0.4, 0.5) is 0 Å². The molecule has 0 N–H and O–H groups in total. The zero-order valence-electron chi connectivity index (χ0n) is 12.9. The van der Waals surface area contributed by atoms with Gasteiger partial charge in [0.15, 0.2) is 11.5 Å². The van der Waals surface area contributed by atoms with Crippen molar-refractivity contribution in [3.63, 3.8) is 0 Å². The van der Waals surface area contributed by atoms with Crippen molar-refractivity contribution in [2.24, 2.45) is 0 Å². The van der Waals surface area contributed by atoms with Gasteiger partial charge in [-0.05, 0) is 49.2 Å². The minimum absolute atomic E-state index is 0.602. The summed E-state index contributed by atoms with van der Waals surface area (Å²) in [5.74, 6) is 2.45. The molecule has 0 aliphatic carbocycles. The molecule has 0 saturated carbocycles. The predicted octanol–water partition coefficient (Wildman–Crippen LogP) is 4.16. The van der Waals surface area contributed by atoms with E-state index in [2.05, 4.69) is 19.9 Å². The fourth-order valence-corrected chi connectivity index (χ4v) is 2.19. The van der Waals surface area contributed by atoms with E-state index in [1.807, 2.05) is 36.4 Å². The molecular weight excluding hydrogens is 264 g/mol. The summed E-state index contributed by atoms with van der Waals surface area (Å²) < 4.78 is 16.7. The SMILES string of the molecule is COc1ccccc1OCCCOc1cc(C)cc(C)c1. The Morgan fingerprint density at radius 3 is 2.10 bits per heavy atom. The molecule has 112 valence electrons. The minimum atomic E-state index is 0.602. The highest BCUT2D eigenvalue weighted by molar-refractivity contribution is 5.39. The second-order valence-electron chi connectivity index (χ2n) is 5.02. The number of aryl methyl sites for hydroxylation is 2. The molecule has 0 aromatic heterocycles. The lowest BCUT2D eigenvalue weighted by Crippen LogP contribution is -2.05. The lowest BCUT2D eigenvalue weighted by atomic mass is 10.1. The van der Waals surface area contributed by atoms with E-state index >= 15 is 0 Å². The van der Waals surface area contributed by atoms with Gasteiger partial charge in [-0.2, -0.15) is 0 Å². The van der Waals surface area contributed by atoms with Crippen molar-refractivity contribution >= 4 is 0 Å². The van der Waals surface area contributed by atoms with E-state index in [-0.39, 0.29) is 0 Å². The van der Waals surface area contributed by atoms with E-state index in [1.165, 1.54) is 11.1 Å². The second-order valence-corrected chi connectivity index (χ2v) is 5.02. The van der Waals surface area contributed by atoms with Gasteiger partial charge in [0.2, 0.25) is 0 Å². The van der Waals surface area contributed by atoms with Crippen LogP contribution in [0.2, 0.25) is 0 Å². The molecule has 0 radical (unpaired) electrons. The molecular formula is C18H22O3. The average Bonchev–Trinajstić information content (AvgIpc) is 2.46. The summed E-state index contributed by atoms with van der Waals surface area (Å²) in [5, 5.41) is 0. The number of hydrogen-bond acceptors (Lipinski definition) is 3. The molecule has 0 bridgehead atoms. The standard InChI is InChI=1S/C18H22O3/c1-14-11-15(2)13-16(12-14)20-9-6-10-21-18-8-5-4-7-17(18)19-3/h4-5,7-8,11-13H,6,9-10H2,1-3H3.